The Morgan fingerprint density at radius 2 is 1.83 bits per heavy atom. The van der Waals surface area contributed by atoms with E-state index in [-0.39, 0.29) is 12.7 Å². The Balaban J connectivity index is 1.56. The van der Waals surface area contributed by atoms with E-state index in [1.807, 2.05) is 24.3 Å². The summed E-state index contributed by atoms with van der Waals surface area (Å²) in [6.45, 7) is 1.77. The van der Waals surface area contributed by atoms with Crippen molar-refractivity contribution in [2.45, 2.75) is 6.42 Å². The molecule has 0 aliphatic carbocycles. The van der Waals surface area contributed by atoms with Crippen molar-refractivity contribution in [2.24, 2.45) is 0 Å². The molecule has 0 fully saturated rings. The number of anilines is 2. The summed E-state index contributed by atoms with van der Waals surface area (Å²) >= 11 is 0. The van der Waals surface area contributed by atoms with Gasteiger partial charge in [0.05, 0.1) is 0 Å². The molecular formula is C18H20N2O4. The number of ether oxygens (including phenoxy) is 3. The van der Waals surface area contributed by atoms with E-state index in [0.29, 0.717) is 17.1 Å². The van der Waals surface area contributed by atoms with E-state index in [1.165, 1.54) is 0 Å². The highest BCUT2D eigenvalue weighted by Crippen LogP contribution is 2.32. The topological polar surface area (TPSA) is 68.8 Å². The van der Waals surface area contributed by atoms with E-state index in [0.717, 1.165) is 30.9 Å². The van der Waals surface area contributed by atoms with Gasteiger partial charge in [-0.15, -0.1) is 0 Å². The molecule has 2 aromatic carbocycles. The van der Waals surface area contributed by atoms with Crippen LogP contribution < -0.4 is 20.1 Å². The van der Waals surface area contributed by atoms with Crippen LogP contribution in [0.2, 0.25) is 0 Å². The number of benzene rings is 2. The minimum absolute atomic E-state index is 0.186. The van der Waals surface area contributed by atoms with Crippen LogP contribution in [0.4, 0.5) is 11.4 Å². The molecule has 0 aromatic heterocycles. The zero-order chi connectivity index (χ0) is 16.8. The van der Waals surface area contributed by atoms with Gasteiger partial charge in [-0.05, 0) is 48.9 Å². The predicted octanol–water partition coefficient (Wildman–Crippen LogP) is 3.12. The van der Waals surface area contributed by atoms with Gasteiger partial charge >= 0.3 is 0 Å². The lowest BCUT2D eigenvalue weighted by atomic mass is 10.2. The lowest BCUT2D eigenvalue weighted by Crippen LogP contribution is -2.11. The fourth-order valence-electron chi connectivity index (χ4n) is 2.36. The summed E-state index contributed by atoms with van der Waals surface area (Å²) in [5, 5.41) is 6.17. The molecule has 0 unspecified atom stereocenters. The number of nitrogens with one attached hydrogen (secondary N) is 2. The molecule has 126 valence electrons. The normalized spacial score (nSPS) is 12.0. The van der Waals surface area contributed by atoms with Crippen LogP contribution in [0, 0.1) is 0 Å². The second kappa shape index (κ2) is 7.70. The van der Waals surface area contributed by atoms with Crippen LogP contribution in [0.1, 0.15) is 16.8 Å². The molecular weight excluding hydrogens is 308 g/mol. The molecule has 3 rings (SSSR count). The first-order valence-electron chi connectivity index (χ1n) is 7.80. The lowest BCUT2D eigenvalue weighted by Gasteiger charge is -2.09. The van der Waals surface area contributed by atoms with E-state index in [9.17, 15) is 4.79 Å². The van der Waals surface area contributed by atoms with E-state index < -0.39 is 0 Å². The third-order valence-electron chi connectivity index (χ3n) is 3.63. The molecule has 0 spiro atoms. The van der Waals surface area contributed by atoms with Crippen molar-refractivity contribution in [3.05, 3.63) is 48.0 Å². The van der Waals surface area contributed by atoms with Gasteiger partial charge in [-0.1, -0.05) is 0 Å². The summed E-state index contributed by atoms with van der Waals surface area (Å²) in [7, 11) is 1.69. The monoisotopic (exact) mass is 328 g/mol. The minimum atomic E-state index is -0.186. The number of hydrogen-bond donors (Lipinski definition) is 2. The molecule has 0 atom stereocenters. The van der Waals surface area contributed by atoms with Crippen LogP contribution in [0.15, 0.2) is 42.5 Å². The Bertz CT molecular complexity index is 701. The Kier molecular flexibility index (Phi) is 5.18. The summed E-state index contributed by atoms with van der Waals surface area (Å²) in [5.74, 6) is 1.07. The van der Waals surface area contributed by atoms with Gasteiger partial charge in [-0.2, -0.15) is 0 Å². The van der Waals surface area contributed by atoms with Crippen LogP contribution in [0.5, 0.6) is 11.5 Å². The first-order valence-corrected chi connectivity index (χ1v) is 7.80. The number of hydrogen-bond acceptors (Lipinski definition) is 5. The molecule has 1 aliphatic rings. The summed E-state index contributed by atoms with van der Waals surface area (Å²) in [6, 6.07) is 12.7. The van der Waals surface area contributed by atoms with Crippen LogP contribution in [0.25, 0.3) is 0 Å². The minimum Gasteiger partial charge on any atom is -0.454 e. The zero-order valence-corrected chi connectivity index (χ0v) is 13.5. The van der Waals surface area contributed by atoms with Crippen molar-refractivity contribution < 1.29 is 19.0 Å². The second-order valence-electron chi connectivity index (χ2n) is 5.37. The van der Waals surface area contributed by atoms with Gasteiger partial charge in [0.1, 0.15) is 0 Å². The second-order valence-corrected chi connectivity index (χ2v) is 5.37. The largest absolute Gasteiger partial charge is 0.454 e. The van der Waals surface area contributed by atoms with E-state index in [1.54, 1.807) is 25.3 Å². The van der Waals surface area contributed by atoms with Gasteiger partial charge in [-0.3, -0.25) is 4.79 Å². The standard InChI is InChI=1S/C18H20N2O4/c1-22-10-2-9-19-14-4-6-15(7-5-14)20-18(21)13-3-8-16-17(11-13)24-12-23-16/h3-8,11,19H,2,9-10,12H2,1H3,(H,20,21). The highest BCUT2D eigenvalue weighted by Gasteiger charge is 2.16. The summed E-state index contributed by atoms with van der Waals surface area (Å²) < 4.78 is 15.5. The number of carbonyl (C=O) groups excluding carboxylic acids is 1. The molecule has 2 aromatic rings. The van der Waals surface area contributed by atoms with Crippen LogP contribution in [0.3, 0.4) is 0 Å². The molecule has 1 heterocycles. The fraction of sp³-hybridized carbons (Fsp3) is 0.278. The highest BCUT2D eigenvalue weighted by molar-refractivity contribution is 6.04. The van der Waals surface area contributed by atoms with Crippen molar-refractivity contribution in [1.29, 1.82) is 0 Å². The quantitative estimate of drug-likeness (QED) is 0.764. The van der Waals surface area contributed by atoms with Crippen LogP contribution in [-0.4, -0.2) is 33.0 Å². The molecule has 1 amide bonds. The molecule has 6 nitrogen and oxygen atoms in total. The SMILES string of the molecule is COCCCNc1ccc(NC(=O)c2ccc3c(c2)OCO3)cc1. The molecule has 0 saturated heterocycles. The number of carbonyl (C=O) groups is 1. The smallest absolute Gasteiger partial charge is 0.255 e. The van der Waals surface area contributed by atoms with Gasteiger partial charge in [0.25, 0.3) is 5.91 Å². The van der Waals surface area contributed by atoms with Crippen molar-refractivity contribution in [2.75, 3.05) is 37.7 Å². The van der Waals surface area contributed by atoms with Crippen molar-refractivity contribution in [1.82, 2.24) is 0 Å². The maximum absolute atomic E-state index is 12.3. The summed E-state index contributed by atoms with van der Waals surface area (Å²) in [5.41, 5.74) is 2.27. The predicted molar refractivity (Wildman–Crippen MR) is 91.9 cm³/mol. The van der Waals surface area contributed by atoms with Crippen molar-refractivity contribution in [3.8, 4) is 11.5 Å². The third-order valence-corrected chi connectivity index (χ3v) is 3.63. The maximum atomic E-state index is 12.3. The molecule has 0 saturated carbocycles. The molecule has 2 N–H and O–H groups in total. The van der Waals surface area contributed by atoms with Gasteiger partial charge in [0, 0.05) is 37.2 Å². The van der Waals surface area contributed by atoms with Crippen LogP contribution in [-0.2, 0) is 4.74 Å². The number of rotatable bonds is 7. The van der Waals surface area contributed by atoms with Gasteiger partial charge in [0.15, 0.2) is 11.5 Å². The zero-order valence-electron chi connectivity index (χ0n) is 13.5. The number of amides is 1. The summed E-state index contributed by atoms with van der Waals surface area (Å²) in [4.78, 5) is 12.3. The highest BCUT2D eigenvalue weighted by atomic mass is 16.7. The Hall–Kier alpha value is -2.73. The molecule has 1 aliphatic heterocycles. The maximum Gasteiger partial charge on any atom is 0.255 e. The summed E-state index contributed by atoms with van der Waals surface area (Å²) in [6.07, 6.45) is 0.944. The Morgan fingerprint density at radius 3 is 2.62 bits per heavy atom. The van der Waals surface area contributed by atoms with E-state index >= 15 is 0 Å². The Labute approximate surface area is 140 Å². The number of fused-ring (bicyclic) bond motifs is 1. The van der Waals surface area contributed by atoms with Gasteiger partial charge in [0.2, 0.25) is 6.79 Å². The average Bonchev–Trinajstić information content (AvgIpc) is 3.08. The lowest BCUT2D eigenvalue weighted by molar-refractivity contribution is 0.102. The Morgan fingerprint density at radius 1 is 1.08 bits per heavy atom. The first kappa shape index (κ1) is 16.1. The number of methoxy groups -OCH3 is 1. The molecule has 24 heavy (non-hydrogen) atoms. The van der Waals surface area contributed by atoms with Crippen molar-refractivity contribution in [3.63, 3.8) is 0 Å². The van der Waals surface area contributed by atoms with E-state index in [2.05, 4.69) is 10.6 Å². The average molecular weight is 328 g/mol. The molecule has 0 radical (unpaired) electrons. The third kappa shape index (κ3) is 3.97. The van der Waals surface area contributed by atoms with E-state index in [4.69, 9.17) is 14.2 Å². The van der Waals surface area contributed by atoms with Crippen LogP contribution >= 0.6 is 0 Å². The molecule has 6 heteroatoms. The van der Waals surface area contributed by atoms with Gasteiger partial charge < -0.3 is 24.8 Å². The fourth-order valence-corrected chi connectivity index (χ4v) is 2.36. The molecule has 0 bridgehead atoms. The van der Waals surface area contributed by atoms with Crippen molar-refractivity contribution >= 4 is 17.3 Å². The first-order chi connectivity index (χ1) is 11.8. The van der Waals surface area contributed by atoms with Gasteiger partial charge in [-0.25, -0.2) is 0 Å².